The SMILES string of the molecule is Cc1cc(N2CCC(C(=O)N3CCCCC3)CC2)c2ccc(F)c(F)c2n1. The monoisotopic (exact) mass is 373 g/mol. The molecule has 1 aromatic carbocycles. The first-order valence-corrected chi connectivity index (χ1v) is 9.83. The molecule has 0 aliphatic carbocycles. The van der Waals surface area contributed by atoms with Gasteiger partial charge in [0, 0.05) is 48.9 Å². The van der Waals surface area contributed by atoms with Crippen LogP contribution in [0.3, 0.4) is 0 Å². The van der Waals surface area contributed by atoms with E-state index in [1.54, 1.807) is 13.0 Å². The number of likely N-dealkylation sites (tertiary alicyclic amines) is 1. The number of halogens is 2. The van der Waals surface area contributed by atoms with Crippen LogP contribution in [0, 0.1) is 24.5 Å². The molecular formula is C21H25F2N3O. The Bertz CT molecular complexity index is 856. The Labute approximate surface area is 158 Å². The van der Waals surface area contributed by atoms with Gasteiger partial charge in [-0.3, -0.25) is 4.79 Å². The summed E-state index contributed by atoms with van der Waals surface area (Å²) in [6, 6.07) is 4.68. The van der Waals surface area contributed by atoms with Crippen molar-refractivity contribution in [2.45, 2.75) is 39.0 Å². The molecule has 2 aliphatic heterocycles. The van der Waals surface area contributed by atoms with Crippen LogP contribution in [0.1, 0.15) is 37.8 Å². The molecule has 0 radical (unpaired) electrons. The number of amides is 1. The van der Waals surface area contributed by atoms with Crippen LogP contribution in [-0.2, 0) is 4.79 Å². The smallest absolute Gasteiger partial charge is 0.225 e. The summed E-state index contributed by atoms with van der Waals surface area (Å²) >= 11 is 0. The Morgan fingerprint density at radius 1 is 1.07 bits per heavy atom. The van der Waals surface area contributed by atoms with E-state index in [9.17, 15) is 13.6 Å². The van der Waals surface area contributed by atoms with Crippen LogP contribution in [0.15, 0.2) is 18.2 Å². The maximum Gasteiger partial charge on any atom is 0.225 e. The standard InChI is InChI=1S/C21H25F2N3O/c1-14-13-18(16-5-6-17(22)19(23)20(16)24-14)25-11-7-15(8-12-25)21(27)26-9-3-2-4-10-26/h5-6,13,15H,2-4,7-12H2,1H3. The molecule has 2 fully saturated rings. The zero-order valence-electron chi connectivity index (χ0n) is 15.7. The molecule has 2 saturated heterocycles. The van der Waals surface area contributed by atoms with Crippen molar-refractivity contribution < 1.29 is 13.6 Å². The molecule has 1 aromatic heterocycles. The molecule has 6 heteroatoms. The number of nitrogens with zero attached hydrogens (tertiary/aromatic N) is 3. The molecule has 27 heavy (non-hydrogen) atoms. The van der Waals surface area contributed by atoms with Gasteiger partial charge in [0.1, 0.15) is 5.52 Å². The van der Waals surface area contributed by atoms with E-state index in [2.05, 4.69) is 9.88 Å². The lowest BCUT2D eigenvalue weighted by Gasteiger charge is -2.37. The minimum Gasteiger partial charge on any atom is -0.371 e. The number of benzene rings is 1. The fourth-order valence-corrected chi connectivity index (χ4v) is 4.34. The first kappa shape index (κ1) is 18.1. The second-order valence-electron chi connectivity index (χ2n) is 7.69. The highest BCUT2D eigenvalue weighted by Gasteiger charge is 2.30. The highest BCUT2D eigenvalue weighted by molar-refractivity contribution is 5.92. The van der Waals surface area contributed by atoms with E-state index in [4.69, 9.17) is 0 Å². The summed E-state index contributed by atoms with van der Waals surface area (Å²) in [5, 5.41) is 0.625. The van der Waals surface area contributed by atoms with Gasteiger partial charge in [0.05, 0.1) is 0 Å². The molecule has 2 aromatic rings. The van der Waals surface area contributed by atoms with Crippen LogP contribution in [0.5, 0.6) is 0 Å². The van der Waals surface area contributed by atoms with Gasteiger partial charge in [-0.1, -0.05) is 0 Å². The number of hydrogen-bond donors (Lipinski definition) is 0. The molecular weight excluding hydrogens is 348 g/mol. The van der Waals surface area contributed by atoms with Gasteiger partial charge in [-0.25, -0.2) is 13.8 Å². The lowest BCUT2D eigenvalue weighted by atomic mass is 9.93. The lowest BCUT2D eigenvalue weighted by Crippen LogP contribution is -2.44. The minimum absolute atomic E-state index is 0.0720. The molecule has 144 valence electrons. The van der Waals surface area contributed by atoms with Crippen LogP contribution in [-0.4, -0.2) is 42.0 Å². The van der Waals surface area contributed by atoms with Crippen LogP contribution >= 0.6 is 0 Å². The third kappa shape index (κ3) is 3.49. The van der Waals surface area contributed by atoms with Crippen molar-refractivity contribution in [1.82, 2.24) is 9.88 Å². The number of fused-ring (bicyclic) bond motifs is 1. The highest BCUT2D eigenvalue weighted by atomic mass is 19.2. The van der Waals surface area contributed by atoms with Gasteiger partial charge in [0.25, 0.3) is 0 Å². The van der Waals surface area contributed by atoms with Crippen LogP contribution in [0.2, 0.25) is 0 Å². The maximum absolute atomic E-state index is 14.2. The molecule has 0 N–H and O–H groups in total. The Kier molecular flexibility index (Phi) is 4.98. The molecule has 3 heterocycles. The fourth-order valence-electron chi connectivity index (χ4n) is 4.34. The maximum atomic E-state index is 14.2. The van der Waals surface area contributed by atoms with Crippen molar-refractivity contribution in [3.05, 3.63) is 35.5 Å². The van der Waals surface area contributed by atoms with Crippen molar-refractivity contribution in [3.8, 4) is 0 Å². The Hall–Kier alpha value is -2.24. The summed E-state index contributed by atoms with van der Waals surface area (Å²) in [6.45, 7) is 5.04. The second-order valence-corrected chi connectivity index (χ2v) is 7.69. The average Bonchev–Trinajstić information content (AvgIpc) is 2.71. The van der Waals surface area contributed by atoms with E-state index in [-0.39, 0.29) is 11.4 Å². The Morgan fingerprint density at radius 3 is 2.48 bits per heavy atom. The molecule has 2 aliphatic rings. The zero-order chi connectivity index (χ0) is 19.0. The molecule has 0 saturated carbocycles. The van der Waals surface area contributed by atoms with Crippen LogP contribution in [0.25, 0.3) is 10.9 Å². The lowest BCUT2D eigenvalue weighted by molar-refractivity contribution is -0.137. The summed E-state index contributed by atoms with van der Waals surface area (Å²) in [6.07, 6.45) is 5.02. The highest BCUT2D eigenvalue weighted by Crippen LogP contribution is 2.32. The van der Waals surface area contributed by atoms with Crippen molar-refractivity contribution >= 4 is 22.5 Å². The number of carbonyl (C=O) groups is 1. The van der Waals surface area contributed by atoms with Gasteiger partial charge in [-0.15, -0.1) is 0 Å². The largest absolute Gasteiger partial charge is 0.371 e. The zero-order valence-corrected chi connectivity index (χ0v) is 15.7. The third-order valence-corrected chi connectivity index (χ3v) is 5.83. The number of aryl methyl sites for hydroxylation is 1. The first-order valence-electron chi connectivity index (χ1n) is 9.83. The van der Waals surface area contributed by atoms with Gasteiger partial charge in [-0.05, 0) is 57.2 Å². The first-order chi connectivity index (χ1) is 13.0. The topological polar surface area (TPSA) is 36.4 Å². The van der Waals surface area contributed by atoms with Crippen LogP contribution < -0.4 is 4.90 Å². The fraction of sp³-hybridized carbons (Fsp3) is 0.524. The Balaban J connectivity index is 1.53. The number of pyridine rings is 1. The number of rotatable bonds is 2. The van der Waals surface area contributed by atoms with Gasteiger partial charge < -0.3 is 9.80 Å². The number of piperidine rings is 2. The molecule has 1 amide bonds. The molecule has 4 nitrogen and oxygen atoms in total. The van der Waals surface area contributed by atoms with Crippen LogP contribution in [0.4, 0.5) is 14.5 Å². The van der Waals surface area contributed by atoms with Crippen molar-refractivity contribution in [3.63, 3.8) is 0 Å². The number of hydrogen-bond acceptors (Lipinski definition) is 3. The molecule has 4 rings (SSSR count). The number of carbonyl (C=O) groups excluding carboxylic acids is 1. The summed E-state index contributed by atoms with van der Waals surface area (Å²) in [4.78, 5) is 21.1. The predicted octanol–water partition coefficient (Wildman–Crippen LogP) is 4.05. The minimum atomic E-state index is -0.896. The number of aromatic nitrogens is 1. The second kappa shape index (κ2) is 7.41. The Morgan fingerprint density at radius 2 is 1.78 bits per heavy atom. The van der Waals surface area contributed by atoms with Crippen molar-refractivity contribution in [2.75, 3.05) is 31.1 Å². The molecule has 0 atom stereocenters. The number of anilines is 1. The van der Waals surface area contributed by atoms with Gasteiger partial charge in [0.2, 0.25) is 5.91 Å². The summed E-state index contributed by atoms with van der Waals surface area (Å²) in [7, 11) is 0. The van der Waals surface area contributed by atoms with E-state index in [0.717, 1.165) is 63.6 Å². The van der Waals surface area contributed by atoms with Gasteiger partial charge >= 0.3 is 0 Å². The molecule has 0 unspecified atom stereocenters. The van der Waals surface area contributed by atoms with E-state index >= 15 is 0 Å². The van der Waals surface area contributed by atoms with E-state index in [1.165, 1.54) is 6.42 Å². The van der Waals surface area contributed by atoms with E-state index < -0.39 is 11.6 Å². The average molecular weight is 373 g/mol. The molecule has 0 spiro atoms. The summed E-state index contributed by atoms with van der Waals surface area (Å²) in [5.74, 6) is -1.41. The third-order valence-electron chi connectivity index (χ3n) is 5.83. The van der Waals surface area contributed by atoms with E-state index in [1.807, 2.05) is 11.0 Å². The summed E-state index contributed by atoms with van der Waals surface area (Å²) in [5.41, 5.74) is 1.62. The van der Waals surface area contributed by atoms with Crippen molar-refractivity contribution in [2.24, 2.45) is 5.92 Å². The van der Waals surface area contributed by atoms with E-state index in [0.29, 0.717) is 17.0 Å². The quantitative estimate of drug-likeness (QED) is 0.797. The van der Waals surface area contributed by atoms with Crippen molar-refractivity contribution in [1.29, 1.82) is 0 Å². The summed E-state index contributed by atoms with van der Waals surface area (Å²) < 4.78 is 27.8. The van der Waals surface area contributed by atoms with Gasteiger partial charge in [0.15, 0.2) is 11.6 Å². The molecule has 0 bridgehead atoms. The predicted molar refractivity (Wildman–Crippen MR) is 102 cm³/mol. The van der Waals surface area contributed by atoms with Gasteiger partial charge in [-0.2, -0.15) is 0 Å². The normalized spacial score (nSPS) is 18.9.